The predicted octanol–water partition coefficient (Wildman–Crippen LogP) is 0.455. The normalized spacial score (nSPS) is 40.8. The Morgan fingerprint density at radius 3 is 3.17 bits per heavy atom. The Labute approximate surface area is 70.8 Å². The molecule has 2 fully saturated rings. The van der Waals surface area contributed by atoms with Crippen molar-refractivity contribution in [2.24, 2.45) is 0 Å². The Balaban J connectivity index is 2.19. The third kappa shape index (κ3) is 1.03. The van der Waals surface area contributed by atoms with Crippen LogP contribution in [-0.2, 0) is 19.0 Å². The number of carbonyl (C=O) groups excluding carboxylic acids is 1. The van der Waals surface area contributed by atoms with Gasteiger partial charge in [-0.25, -0.2) is 0 Å². The van der Waals surface area contributed by atoms with Crippen LogP contribution < -0.4 is 0 Å². The zero-order chi connectivity index (χ0) is 8.60. The topological polar surface area (TPSA) is 44.8 Å². The third-order valence-corrected chi connectivity index (χ3v) is 2.46. The highest BCUT2D eigenvalue weighted by molar-refractivity contribution is 5.73. The summed E-state index contributed by atoms with van der Waals surface area (Å²) < 4.78 is 15.7. The second-order valence-corrected chi connectivity index (χ2v) is 3.16. The molecule has 2 heterocycles. The number of hydrogen-bond donors (Lipinski definition) is 0. The van der Waals surface area contributed by atoms with Crippen LogP contribution in [0.25, 0.3) is 0 Å². The summed E-state index contributed by atoms with van der Waals surface area (Å²) in [5.41, 5.74) is 0. The first kappa shape index (κ1) is 8.01. The Bertz CT molecular complexity index is 203. The number of rotatable bonds is 1. The van der Waals surface area contributed by atoms with Gasteiger partial charge >= 0.3 is 5.97 Å². The van der Waals surface area contributed by atoms with Crippen LogP contribution in [0.3, 0.4) is 0 Å². The fourth-order valence-electron chi connectivity index (χ4n) is 1.82. The van der Waals surface area contributed by atoms with Crippen molar-refractivity contribution in [1.29, 1.82) is 0 Å². The van der Waals surface area contributed by atoms with E-state index < -0.39 is 5.79 Å². The van der Waals surface area contributed by atoms with Gasteiger partial charge in [0.15, 0.2) is 0 Å². The van der Waals surface area contributed by atoms with Crippen molar-refractivity contribution >= 4 is 5.97 Å². The molecule has 4 nitrogen and oxygen atoms in total. The first-order valence-electron chi connectivity index (χ1n) is 4.15. The van der Waals surface area contributed by atoms with Crippen LogP contribution in [0.1, 0.15) is 19.3 Å². The highest BCUT2D eigenvalue weighted by Crippen LogP contribution is 2.37. The fourth-order valence-corrected chi connectivity index (χ4v) is 1.82. The molecule has 4 heteroatoms. The van der Waals surface area contributed by atoms with E-state index in [9.17, 15) is 4.79 Å². The van der Waals surface area contributed by atoms with Crippen LogP contribution in [-0.4, -0.2) is 31.6 Å². The molecule has 0 bridgehead atoms. The van der Waals surface area contributed by atoms with Crippen LogP contribution in [0.5, 0.6) is 0 Å². The molecule has 0 saturated carbocycles. The van der Waals surface area contributed by atoms with E-state index in [0.29, 0.717) is 13.0 Å². The summed E-state index contributed by atoms with van der Waals surface area (Å²) >= 11 is 0. The quantitative estimate of drug-likeness (QED) is 0.539. The Hall–Kier alpha value is -0.610. The first-order chi connectivity index (χ1) is 5.77. The molecular formula is C8H12O4. The van der Waals surface area contributed by atoms with Gasteiger partial charge in [-0.1, -0.05) is 0 Å². The standard InChI is InChI=1S/C8H12O4/c1-10-8-3-2-4-11-6(8)5-7(9)12-8/h6H,2-5H2,1H3/t6-,8?/m1/s1. The van der Waals surface area contributed by atoms with E-state index in [0.717, 1.165) is 12.8 Å². The lowest BCUT2D eigenvalue weighted by Crippen LogP contribution is -2.46. The van der Waals surface area contributed by atoms with E-state index in [2.05, 4.69) is 0 Å². The minimum atomic E-state index is -0.769. The fraction of sp³-hybridized carbons (Fsp3) is 0.875. The van der Waals surface area contributed by atoms with E-state index in [1.807, 2.05) is 0 Å². The van der Waals surface area contributed by atoms with E-state index in [4.69, 9.17) is 14.2 Å². The molecule has 0 aromatic carbocycles. The van der Waals surface area contributed by atoms with Gasteiger partial charge in [0.25, 0.3) is 0 Å². The molecule has 2 rings (SSSR count). The van der Waals surface area contributed by atoms with Gasteiger partial charge in [-0.15, -0.1) is 0 Å². The number of carbonyl (C=O) groups is 1. The zero-order valence-electron chi connectivity index (χ0n) is 7.04. The molecule has 0 aromatic rings. The number of methoxy groups -OCH3 is 1. The summed E-state index contributed by atoms with van der Waals surface area (Å²) in [6.07, 6.45) is 1.77. The maximum Gasteiger partial charge on any atom is 0.311 e. The van der Waals surface area contributed by atoms with Crippen molar-refractivity contribution in [3.63, 3.8) is 0 Å². The molecule has 0 aromatic heterocycles. The smallest absolute Gasteiger partial charge is 0.311 e. The lowest BCUT2D eigenvalue weighted by molar-refractivity contribution is -0.257. The predicted molar refractivity (Wildman–Crippen MR) is 39.4 cm³/mol. The van der Waals surface area contributed by atoms with Gasteiger partial charge in [-0.05, 0) is 6.42 Å². The molecule has 2 aliphatic rings. The number of hydrogen-bond acceptors (Lipinski definition) is 4. The Morgan fingerprint density at radius 1 is 1.67 bits per heavy atom. The molecule has 68 valence electrons. The van der Waals surface area contributed by atoms with Crippen molar-refractivity contribution in [2.45, 2.75) is 31.2 Å². The largest absolute Gasteiger partial charge is 0.430 e. The highest BCUT2D eigenvalue weighted by atomic mass is 16.7. The van der Waals surface area contributed by atoms with Gasteiger partial charge in [0.05, 0.1) is 6.42 Å². The Kier molecular flexibility index (Phi) is 1.81. The second kappa shape index (κ2) is 2.71. The molecule has 0 spiro atoms. The molecule has 0 radical (unpaired) electrons. The van der Waals surface area contributed by atoms with E-state index in [1.54, 1.807) is 7.11 Å². The van der Waals surface area contributed by atoms with Gasteiger partial charge in [0.1, 0.15) is 6.10 Å². The summed E-state index contributed by atoms with van der Waals surface area (Å²) in [6.45, 7) is 0.701. The summed E-state index contributed by atoms with van der Waals surface area (Å²) in [6, 6.07) is 0. The van der Waals surface area contributed by atoms with Crippen molar-refractivity contribution in [1.82, 2.24) is 0 Å². The molecule has 2 saturated heterocycles. The molecule has 0 N–H and O–H groups in total. The first-order valence-corrected chi connectivity index (χ1v) is 4.15. The lowest BCUT2D eigenvalue weighted by atomic mass is 10.0. The number of esters is 1. The highest BCUT2D eigenvalue weighted by Gasteiger charge is 2.52. The van der Waals surface area contributed by atoms with Gasteiger partial charge < -0.3 is 14.2 Å². The van der Waals surface area contributed by atoms with E-state index in [1.165, 1.54) is 0 Å². The summed E-state index contributed by atoms with van der Waals surface area (Å²) in [7, 11) is 1.56. The van der Waals surface area contributed by atoms with Gasteiger partial charge in [-0.3, -0.25) is 4.79 Å². The van der Waals surface area contributed by atoms with E-state index in [-0.39, 0.29) is 12.1 Å². The van der Waals surface area contributed by atoms with Crippen LogP contribution in [0, 0.1) is 0 Å². The summed E-state index contributed by atoms with van der Waals surface area (Å²) in [5, 5.41) is 0. The third-order valence-electron chi connectivity index (χ3n) is 2.46. The maximum atomic E-state index is 11.0. The van der Waals surface area contributed by atoms with Crippen molar-refractivity contribution in [2.75, 3.05) is 13.7 Å². The second-order valence-electron chi connectivity index (χ2n) is 3.16. The number of fused-ring (bicyclic) bond motifs is 1. The monoisotopic (exact) mass is 172 g/mol. The van der Waals surface area contributed by atoms with Crippen LogP contribution in [0.15, 0.2) is 0 Å². The molecule has 2 atom stereocenters. The van der Waals surface area contributed by atoms with Crippen molar-refractivity contribution < 1.29 is 19.0 Å². The van der Waals surface area contributed by atoms with Gasteiger partial charge in [0.2, 0.25) is 5.79 Å². The minimum absolute atomic E-state index is 0.191. The zero-order valence-corrected chi connectivity index (χ0v) is 7.04. The molecule has 2 aliphatic heterocycles. The van der Waals surface area contributed by atoms with Crippen LogP contribution >= 0.6 is 0 Å². The average Bonchev–Trinajstić information content (AvgIpc) is 2.41. The molecule has 0 amide bonds. The molecule has 1 unspecified atom stereocenters. The molecule has 0 aliphatic carbocycles. The van der Waals surface area contributed by atoms with Gasteiger partial charge in [-0.2, -0.15) is 0 Å². The summed E-state index contributed by atoms with van der Waals surface area (Å²) in [5.74, 6) is -0.987. The molecule has 12 heavy (non-hydrogen) atoms. The summed E-state index contributed by atoms with van der Waals surface area (Å²) in [4.78, 5) is 11.0. The lowest BCUT2D eigenvalue weighted by Gasteiger charge is -2.35. The van der Waals surface area contributed by atoms with Crippen molar-refractivity contribution in [3.8, 4) is 0 Å². The maximum absolute atomic E-state index is 11.0. The van der Waals surface area contributed by atoms with E-state index >= 15 is 0 Å². The SMILES string of the molecule is COC12CCCO[C@@H]1CC(=O)O2. The van der Waals surface area contributed by atoms with Gasteiger partial charge in [0, 0.05) is 20.1 Å². The van der Waals surface area contributed by atoms with Crippen LogP contribution in [0.4, 0.5) is 0 Å². The average molecular weight is 172 g/mol. The van der Waals surface area contributed by atoms with Crippen molar-refractivity contribution in [3.05, 3.63) is 0 Å². The number of ether oxygens (including phenoxy) is 3. The van der Waals surface area contributed by atoms with Crippen LogP contribution in [0.2, 0.25) is 0 Å². The minimum Gasteiger partial charge on any atom is -0.430 e. The molecular weight excluding hydrogens is 160 g/mol. The Morgan fingerprint density at radius 2 is 2.50 bits per heavy atom.